The van der Waals surface area contributed by atoms with Gasteiger partial charge in [-0.3, -0.25) is 0 Å². The molecule has 0 atom stereocenters. The number of hydrogen-bond donors (Lipinski definition) is 3. The van der Waals surface area contributed by atoms with Crippen molar-refractivity contribution in [2.45, 2.75) is 20.8 Å². The second-order valence-corrected chi connectivity index (χ2v) is 13.9. The van der Waals surface area contributed by atoms with Crippen LogP contribution in [0.15, 0.2) is 121 Å². The number of aromatic nitrogens is 4. The molecule has 0 unspecified atom stereocenters. The molecule has 0 radical (unpaired) electrons. The van der Waals surface area contributed by atoms with Crippen LogP contribution in [0.1, 0.15) is 43.5 Å². The molecule has 2 aliphatic rings. The van der Waals surface area contributed by atoms with E-state index >= 15 is 0 Å². The van der Waals surface area contributed by atoms with Gasteiger partial charge in [-0.1, -0.05) is 48.5 Å². The predicted octanol–water partition coefficient (Wildman–Crippen LogP) is 12.2. The highest BCUT2D eigenvalue weighted by atomic mass is 16.5. The van der Waals surface area contributed by atoms with Crippen molar-refractivity contribution in [3.63, 3.8) is 0 Å². The number of H-pyrrole nitrogens is 2. The van der Waals surface area contributed by atoms with E-state index in [1.165, 1.54) is 0 Å². The van der Waals surface area contributed by atoms with E-state index in [1.807, 2.05) is 69.3 Å². The van der Waals surface area contributed by atoms with Crippen LogP contribution in [0, 0.1) is 0 Å². The van der Waals surface area contributed by atoms with Gasteiger partial charge in [-0.15, -0.1) is 0 Å². The zero-order valence-electron chi connectivity index (χ0n) is 32.5. The largest absolute Gasteiger partial charge is 0.508 e. The third kappa shape index (κ3) is 7.01. The van der Waals surface area contributed by atoms with Crippen LogP contribution in [0.25, 0.3) is 90.9 Å². The number of nitrogens with zero attached hydrogens (tertiary/aromatic N) is 2. The summed E-state index contributed by atoms with van der Waals surface area (Å²) in [6.45, 7) is 7.71. The highest BCUT2D eigenvalue weighted by Crippen LogP contribution is 2.39. The van der Waals surface area contributed by atoms with Crippen molar-refractivity contribution < 1.29 is 19.3 Å². The molecule has 8 heteroatoms. The van der Waals surface area contributed by atoms with E-state index in [0.717, 1.165) is 107 Å². The van der Waals surface area contributed by atoms with Crippen LogP contribution in [-0.4, -0.2) is 44.9 Å². The lowest BCUT2D eigenvalue weighted by molar-refractivity contribution is 0.340. The van der Waals surface area contributed by atoms with Crippen molar-refractivity contribution in [3.8, 4) is 67.5 Å². The topological polar surface area (TPSA) is 105 Å². The molecule has 8 nitrogen and oxygen atoms in total. The molecule has 3 aromatic heterocycles. The van der Waals surface area contributed by atoms with Gasteiger partial charge in [0.1, 0.15) is 23.0 Å². The molecule has 0 saturated carbocycles. The Kier molecular flexibility index (Phi) is 9.81. The van der Waals surface area contributed by atoms with Gasteiger partial charge in [0.25, 0.3) is 0 Å². The van der Waals surface area contributed by atoms with E-state index in [0.29, 0.717) is 19.8 Å². The van der Waals surface area contributed by atoms with Crippen LogP contribution in [0.5, 0.6) is 23.0 Å². The van der Waals surface area contributed by atoms with Crippen LogP contribution in [0.3, 0.4) is 0 Å². The Balaban J connectivity index is 1.41. The molecule has 286 valence electrons. The normalized spacial score (nSPS) is 11.8. The van der Waals surface area contributed by atoms with E-state index in [2.05, 4.69) is 94.9 Å². The van der Waals surface area contributed by atoms with Gasteiger partial charge in [-0.25, -0.2) is 9.97 Å². The Morgan fingerprint density at radius 3 is 0.897 bits per heavy atom. The number of nitrogens with one attached hydrogen (secondary N) is 2. The van der Waals surface area contributed by atoms with Gasteiger partial charge in [0.15, 0.2) is 0 Å². The fourth-order valence-corrected chi connectivity index (χ4v) is 7.70. The molecule has 8 bridgehead atoms. The first-order chi connectivity index (χ1) is 28.5. The van der Waals surface area contributed by atoms with E-state index in [4.69, 9.17) is 24.2 Å². The Morgan fingerprint density at radius 1 is 0.379 bits per heavy atom. The Hall–Kier alpha value is -7.32. The quantitative estimate of drug-likeness (QED) is 0.128. The van der Waals surface area contributed by atoms with Crippen LogP contribution < -0.4 is 14.2 Å². The summed E-state index contributed by atoms with van der Waals surface area (Å²) in [4.78, 5) is 18.3. The minimum atomic E-state index is 0.195. The van der Waals surface area contributed by atoms with Crippen molar-refractivity contribution >= 4 is 46.4 Å². The van der Waals surface area contributed by atoms with E-state index in [1.54, 1.807) is 12.1 Å². The SMILES string of the molecule is CCOc1ccc(-c2c3nc(c(-c4ccc(OCC)cc4)c4ccc([nH]4)c(-c4ccc(OCC)cc4)c4nc(c(-c5ccc(O)cc5)c5ccc2[nH]5)C=C4)C=C3)cc1. The maximum atomic E-state index is 10.3. The third-order valence-corrected chi connectivity index (χ3v) is 10.3. The monoisotopic (exact) mass is 762 g/mol. The Bertz CT molecular complexity index is 2800. The van der Waals surface area contributed by atoms with E-state index in [9.17, 15) is 5.11 Å². The summed E-state index contributed by atoms with van der Waals surface area (Å²) in [6.07, 6.45) is 8.32. The van der Waals surface area contributed by atoms with Crippen LogP contribution in [0.4, 0.5) is 0 Å². The summed E-state index contributed by atoms with van der Waals surface area (Å²) in [5, 5.41) is 10.3. The molecule has 3 N–H and O–H groups in total. The van der Waals surface area contributed by atoms with Gasteiger partial charge in [0, 0.05) is 44.3 Å². The minimum Gasteiger partial charge on any atom is -0.508 e. The first-order valence-corrected chi connectivity index (χ1v) is 19.6. The Labute approximate surface area is 336 Å². The average Bonchev–Trinajstić information content (AvgIpc) is 4.09. The van der Waals surface area contributed by atoms with Crippen molar-refractivity contribution in [1.82, 2.24) is 19.9 Å². The van der Waals surface area contributed by atoms with Gasteiger partial charge >= 0.3 is 0 Å². The van der Waals surface area contributed by atoms with E-state index < -0.39 is 0 Å². The minimum absolute atomic E-state index is 0.195. The molecular weight excluding hydrogens is 721 g/mol. The summed E-state index contributed by atoms with van der Waals surface area (Å²) >= 11 is 0. The molecule has 0 fully saturated rings. The molecular formula is C50H42N4O4. The lowest BCUT2D eigenvalue weighted by Gasteiger charge is -2.09. The lowest BCUT2D eigenvalue weighted by atomic mass is 10.0. The molecule has 0 spiro atoms. The maximum Gasteiger partial charge on any atom is 0.119 e. The van der Waals surface area contributed by atoms with Gasteiger partial charge in [0.05, 0.1) is 42.6 Å². The number of benzene rings is 4. The predicted molar refractivity (Wildman–Crippen MR) is 236 cm³/mol. The number of hydrogen-bond acceptors (Lipinski definition) is 6. The first kappa shape index (κ1) is 36.3. The average molecular weight is 763 g/mol. The zero-order chi connectivity index (χ0) is 39.6. The number of rotatable bonds is 10. The molecule has 2 aliphatic heterocycles. The number of aromatic amines is 2. The fraction of sp³-hybridized carbons (Fsp3) is 0.120. The van der Waals surface area contributed by atoms with E-state index in [-0.39, 0.29) is 5.75 Å². The lowest BCUT2D eigenvalue weighted by Crippen LogP contribution is -1.92. The molecule has 0 aliphatic carbocycles. The summed E-state index contributed by atoms with van der Waals surface area (Å²) in [5.41, 5.74) is 14.4. The number of phenols is 1. The van der Waals surface area contributed by atoms with Crippen LogP contribution in [0.2, 0.25) is 0 Å². The molecule has 4 aromatic carbocycles. The Morgan fingerprint density at radius 2 is 0.638 bits per heavy atom. The highest BCUT2D eigenvalue weighted by Gasteiger charge is 2.19. The van der Waals surface area contributed by atoms with Crippen LogP contribution >= 0.6 is 0 Å². The van der Waals surface area contributed by atoms with Crippen LogP contribution in [-0.2, 0) is 0 Å². The van der Waals surface area contributed by atoms with Gasteiger partial charge in [-0.2, -0.15) is 0 Å². The molecule has 9 rings (SSSR count). The summed E-state index contributed by atoms with van der Waals surface area (Å²) in [7, 11) is 0. The number of ether oxygens (including phenoxy) is 3. The molecule has 5 heterocycles. The highest BCUT2D eigenvalue weighted by molar-refractivity contribution is 5.99. The second kappa shape index (κ2) is 15.7. The molecule has 0 saturated heterocycles. The van der Waals surface area contributed by atoms with Gasteiger partial charge in [-0.05, 0) is 140 Å². The standard InChI is InChI=1S/C50H42N4O4/c1-4-56-36-17-9-32(10-18-36)48-41-25-23-39(51-41)47(31-7-15-35(55)16-8-31)40-24-26-42(52-40)49(33-11-19-37(20-12-33)57-5-2)44-28-30-46(54-44)50(45-29-27-43(48)53-45)34-13-21-38(22-14-34)58-6-3/h7-30,51,54-55H,4-6H2,1-3H3. The summed E-state index contributed by atoms with van der Waals surface area (Å²) in [6, 6.07) is 40.2. The second-order valence-electron chi connectivity index (χ2n) is 13.9. The molecule has 0 amide bonds. The number of phenolic OH excluding ortho intramolecular Hbond substituents is 1. The smallest absolute Gasteiger partial charge is 0.119 e. The van der Waals surface area contributed by atoms with Gasteiger partial charge < -0.3 is 29.3 Å². The third-order valence-electron chi connectivity index (χ3n) is 10.3. The number of aromatic hydroxyl groups is 1. The maximum absolute atomic E-state index is 10.3. The van der Waals surface area contributed by atoms with Crippen molar-refractivity contribution in [3.05, 3.63) is 144 Å². The summed E-state index contributed by atoms with van der Waals surface area (Å²) in [5.74, 6) is 2.61. The van der Waals surface area contributed by atoms with Crippen molar-refractivity contribution in [1.29, 1.82) is 0 Å². The molecule has 7 aromatic rings. The fourth-order valence-electron chi connectivity index (χ4n) is 7.70. The van der Waals surface area contributed by atoms with Crippen molar-refractivity contribution in [2.24, 2.45) is 0 Å². The van der Waals surface area contributed by atoms with Gasteiger partial charge in [0.2, 0.25) is 0 Å². The van der Waals surface area contributed by atoms with Crippen molar-refractivity contribution in [2.75, 3.05) is 19.8 Å². The number of fused-ring (bicyclic) bond motifs is 8. The first-order valence-electron chi connectivity index (χ1n) is 19.6. The zero-order valence-corrected chi connectivity index (χ0v) is 32.5. The summed E-state index contributed by atoms with van der Waals surface area (Å²) < 4.78 is 17.5. The molecule has 58 heavy (non-hydrogen) atoms.